The molecule has 60 valence electrons. The predicted molar refractivity (Wildman–Crippen MR) is 46.3 cm³/mol. The SMILES string of the molecule is CC(=O)NCc1ccsc1N. The molecular formula is C7H10N2OS. The van der Waals surface area contributed by atoms with Gasteiger partial charge in [0.25, 0.3) is 0 Å². The van der Waals surface area contributed by atoms with Crippen molar-refractivity contribution in [3.63, 3.8) is 0 Å². The van der Waals surface area contributed by atoms with E-state index in [9.17, 15) is 4.79 Å². The maximum Gasteiger partial charge on any atom is 0.217 e. The zero-order valence-electron chi connectivity index (χ0n) is 6.26. The number of nitrogens with one attached hydrogen (secondary N) is 1. The second-order valence-corrected chi connectivity index (χ2v) is 3.17. The summed E-state index contributed by atoms with van der Waals surface area (Å²) < 4.78 is 0. The second-order valence-electron chi connectivity index (χ2n) is 2.22. The summed E-state index contributed by atoms with van der Waals surface area (Å²) in [5, 5.41) is 5.36. The van der Waals surface area contributed by atoms with E-state index in [-0.39, 0.29) is 5.91 Å². The summed E-state index contributed by atoms with van der Waals surface area (Å²) in [4.78, 5) is 10.5. The van der Waals surface area contributed by atoms with Crippen LogP contribution < -0.4 is 11.1 Å². The lowest BCUT2D eigenvalue weighted by Crippen LogP contribution is -2.18. The highest BCUT2D eigenvalue weighted by Gasteiger charge is 1.99. The van der Waals surface area contributed by atoms with Gasteiger partial charge in [-0.2, -0.15) is 0 Å². The molecule has 4 heteroatoms. The van der Waals surface area contributed by atoms with Crippen LogP contribution >= 0.6 is 11.3 Å². The summed E-state index contributed by atoms with van der Waals surface area (Å²) in [5.74, 6) is -0.0319. The van der Waals surface area contributed by atoms with Gasteiger partial charge < -0.3 is 11.1 Å². The Morgan fingerprint density at radius 3 is 3.00 bits per heavy atom. The van der Waals surface area contributed by atoms with Crippen molar-refractivity contribution in [1.82, 2.24) is 5.32 Å². The number of carbonyl (C=O) groups excluding carboxylic acids is 1. The molecule has 0 atom stereocenters. The quantitative estimate of drug-likeness (QED) is 0.694. The zero-order valence-corrected chi connectivity index (χ0v) is 7.07. The molecule has 0 radical (unpaired) electrons. The number of nitrogens with two attached hydrogens (primary N) is 1. The highest BCUT2D eigenvalue weighted by Crippen LogP contribution is 2.18. The van der Waals surface area contributed by atoms with Crippen LogP contribution in [0.1, 0.15) is 12.5 Å². The minimum Gasteiger partial charge on any atom is -0.390 e. The Bertz CT molecular complexity index is 257. The van der Waals surface area contributed by atoms with E-state index in [1.165, 1.54) is 18.3 Å². The number of amides is 1. The average Bonchev–Trinajstić information content (AvgIpc) is 2.31. The van der Waals surface area contributed by atoms with Crippen molar-refractivity contribution < 1.29 is 4.79 Å². The van der Waals surface area contributed by atoms with Crippen molar-refractivity contribution in [2.45, 2.75) is 13.5 Å². The molecule has 1 heterocycles. The van der Waals surface area contributed by atoms with E-state index in [1.54, 1.807) is 0 Å². The Balaban J connectivity index is 2.51. The molecule has 1 aromatic rings. The lowest BCUT2D eigenvalue weighted by Gasteiger charge is -1.99. The van der Waals surface area contributed by atoms with Gasteiger partial charge in [0.05, 0.1) is 5.00 Å². The molecule has 0 saturated carbocycles. The van der Waals surface area contributed by atoms with Gasteiger partial charge in [0.1, 0.15) is 0 Å². The molecule has 3 N–H and O–H groups in total. The molecular weight excluding hydrogens is 160 g/mol. The number of thiophene rings is 1. The molecule has 0 aliphatic carbocycles. The first-order valence-corrected chi connectivity index (χ1v) is 4.14. The van der Waals surface area contributed by atoms with Gasteiger partial charge in [-0.1, -0.05) is 0 Å². The van der Waals surface area contributed by atoms with E-state index in [1.807, 2.05) is 11.4 Å². The third-order valence-corrected chi connectivity index (χ3v) is 2.10. The summed E-state index contributed by atoms with van der Waals surface area (Å²) in [7, 11) is 0. The molecule has 1 amide bonds. The number of rotatable bonds is 2. The van der Waals surface area contributed by atoms with E-state index in [4.69, 9.17) is 5.73 Å². The fourth-order valence-corrected chi connectivity index (χ4v) is 1.38. The van der Waals surface area contributed by atoms with Crippen LogP contribution in [0.3, 0.4) is 0 Å². The number of hydrogen-bond acceptors (Lipinski definition) is 3. The summed E-state index contributed by atoms with van der Waals surface area (Å²) in [6, 6.07) is 1.91. The third kappa shape index (κ3) is 2.23. The molecule has 1 rings (SSSR count). The molecule has 0 aliphatic heterocycles. The van der Waals surface area contributed by atoms with Gasteiger partial charge in [-0.15, -0.1) is 11.3 Å². The largest absolute Gasteiger partial charge is 0.390 e. The maximum atomic E-state index is 10.5. The molecule has 3 nitrogen and oxygen atoms in total. The summed E-state index contributed by atoms with van der Waals surface area (Å²) in [5.41, 5.74) is 6.58. The Hall–Kier alpha value is -1.03. The van der Waals surface area contributed by atoms with Crippen LogP contribution in [-0.2, 0) is 11.3 Å². The van der Waals surface area contributed by atoms with Gasteiger partial charge in [0, 0.05) is 19.0 Å². The molecule has 1 aromatic heterocycles. The number of carbonyl (C=O) groups is 1. The lowest BCUT2D eigenvalue weighted by molar-refractivity contribution is -0.119. The van der Waals surface area contributed by atoms with Crippen LogP contribution in [-0.4, -0.2) is 5.91 Å². The zero-order chi connectivity index (χ0) is 8.27. The Morgan fingerprint density at radius 2 is 2.55 bits per heavy atom. The van der Waals surface area contributed by atoms with Crippen molar-refractivity contribution in [1.29, 1.82) is 0 Å². The molecule has 0 spiro atoms. The van der Waals surface area contributed by atoms with E-state index in [0.29, 0.717) is 6.54 Å². The van der Waals surface area contributed by atoms with Crippen LogP contribution in [0.4, 0.5) is 5.00 Å². The molecule has 11 heavy (non-hydrogen) atoms. The van der Waals surface area contributed by atoms with Crippen LogP contribution in [0, 0.1) is 0 Å². The van der Waals surface area contributed by atoms with Crippen molar-refractivity contribution in [3.8, 4) is 0 Å². The molecule has 0 aromatic carbocycles. The van der Waals surface area contributed by atoms with E-state index in [2.05, 4.69) is 5.32 Å². The van der Waals surface area contributed by atoms with Gasteiger partial charge in [0.15, 0.2) is 0 Å². The molecule has 0 saturated heterocycles. The molecule has 0 fully saturated rings. The maximum absolute atomic E-state index is 10.5. The summed E-state index contributed by atoms with van der Waals surface area (Å²) >= 11 is 1.48. The lowest BCUT2D eigenvalue weighted by atomic mass is 10.3. The van der Waals surface area contributed by atoms with Crippen molar-refractivity contribution in [2.24, 2.45) is 0 Å². The standard InChI is InChI=1S/C7H10N2OS/c1-5(10)9-4-6-2-3-11-7(6)8/h2-3H,4,8H2,1H3,(H,9,10). The topological polar surface area (TPSA) is 55.1 Å². The molecule has 0 bridgehead atoms. The Labute approximate surface area is 69.2 Å². The smallest absolute Gasteiger partial charge is 0.217 e. The highest BCUT2D eigenvalue weighted by molar-refractivity contribution is 7.14. The van der Waals surface area contributed by atoms with Crippen molar-refractivity contribution in [2.75, 3.05) is 5.73 Å². The first-order valence-electron chi connectivity index (χ1n) is 3.26. The minimum absolute atomic E-state index is 0.0319. The van der Waals surface area contributed by atoms with Gasteiger partial charge in [-0.05, 0) is 11.4 Å². The van der Waals surface area contributed by atoms with Gasteiger partial charge in [0.2, 0.25) is 5.91 Å². The monoisotopic (exact) mass is 170 g/mol. The van der Waals surface area contributed by atoms with Gasteiger partial charge in [-0.3, -0.25) is 4.79 Å². The average molecular weight is 170 g/mol. The van der Waals surface area contributed by atoms with Crippen LogP contribution in [0.15, 0.2) is 11.4 Å². The minimum atomic E-state index is -0.0319. The predicted octanol–water partition coefficient (Wildman–Crippen LogP) is 0.966. The van der Waals surface area contributed by atoms with Crippen LogP contribution in [0.25, 0.3) is 0 Å². The van der Waals surface area contributed by atoms with Crippen LogP contribution in [0.2, 0.25) is 0 Å². The van der Waals surface area contributed by atoms with Gasteiger partial charge in [-0.25, -0.2) is 0 Å². The highest BCUT2D eigenvalue weighted by atomic mass is 32.1. The fraction of sp³-hybridized carbons (Fsp3) is 0.286. The van der Waals surface area contributed by atoms with E-state index >= 15 is 0 Å². The fourth-order valence-electron chi connectivity index (χ4n) is 0.713. The first-order chi connectivity index (χ1) is 5.20. The third-order valence-electron chi connectivity index (χ3n) is 1.31. The summed E-state index contributed by atoms with van der Waals surface area (Å²) in [6.45, 7) is 2.02. The van der Waals surface area contributed by atoms with Crippen molar-refractivity contribution in [3.05, 3.63) is 17.0 Å². The number of nitrogen functional groups attached to an aromatic ring is 1. The normalized spacial score (nSPS) is 9.55. The summed E-state index contributed by atoms with van der Waals surface area (Å²) in [6.07, 6.45) is 0. The number of hydrogen-bond donors (Lipinski definition) is 2. The van der Waals surface area contributed by atoms with E-state index < -0.39 is 0 Å². The Morgan fingerprint density at radius 1 is 1.82 bits per heavy atom. The van der Waals surface area contributed by atoms with Crippen molar-refractivity contribution >= 4 is 22.2 Å². The Kier molecular flexibility index (Phi) is 2.48. The second kappa shape index (κ2) is 3.39. The van der Waals surface area contributed by atoms with Crippen LogP contribution in [0.5, 0.6) is 0 Å². The first kappa shape index (κ1) is 8.07. The van der Waals surface area contributed by atoms with E-state index in [0.717, 1.165) is 10.6 Å². The molecule has 0 aliphatic rings. The number of anilines is 1. The van der Waals surface area contributed by atoms with Gasteiger partial charge >= 0.3 is 0 Å². The molecule has 0 unspecified atom stereocenters.